The summed E-state index contributed by atoms with van der Waals surface area (Å²) in [5, 5.41) is 0. The van der Waals surface area contributed by atoms with Gasteiger partial charge in [0.05, 0.1) is 4.47 Å². The van der Waals surface area contributed by atoms with Gasteiger partial charge >= 0.3 is 0 Å². The van der Waals surface area contributed by atoms with Crippen molar-refractivity contribution < 1.29 is 9.53 Å². The molecule has 0 amide bonds. The van der Waals surface area contributed by atoms with E-state index in [1.165, 1.54) is 0 Å². The summed E-state index contributed by atoms with van der Waals surface area (Å²) in [7, 11) is 4.05. The number of carbonyl (C=O) groups is 1. The van der Waals surface area contributed by atoms with Crippen molar-refractivity contribution in [3.63, 3.8) is 0 Å². The number of nitrogens with zero attached hydrogens (tertiary/aromatic N) is 1. The zero-order chi connectivity index (χ0) is 13.9. The van der Waals surface area contributed by atoms with Gasteiger partial charge in [0.2, 0.25) is 0 Å². The van der Waals surface area contributed by atoms with Gasteiger partial charge in [-0.2, -0.15) is 0 Å². The van der Waals surface area contributed by atoms with Gasteiger partial charge in [0.1, 0.15) is 12.4 Å². The first-order chi connectivity index (χ1) is 8.24. The minimum absolute atomic E-state index is 0.0430. The van der Waals surface area contributed by atoms with Crippen LogP contribution in [0.4, 0.5) is 0 Å². The molecular formula is C14H20BrNO2. The van der Waals surface area contributed by atoms with Crippen molar-refractivity contribution in [3.05, 3.63) is 28.2 Å². The predicted octanol–water partition coefficient (Wildman–Crippen LogP) is 3.37. The number of Topliss-reactive ketones (excluding diaryl/α,β-unsaturated/α-hetero) is 1. The van der Waals surface area contributed by atoms with Gasteiger partial charge in [-0.3, -0.25) is 4.79 Å². The van der Waals surface area contributed by atoms with Crippen molar-refractivity contribution in [1.29, 1.82) is 0 Å². The molecule has 1 rings (SSSR count). The van der Waals surface area contributed by atoms with Crippen molar-refractivity contribution in [3.8, 4) is 5.75 Å². The lowest BCUT2D eigenvalue weighted by Crippen LogP contribution is -2.43. The molecule has 0 aromatic heterocycles. The van der Waals surface area contributed by atoms with E-state index in [2.05, 4.69) is 34.7 Å². The van der Waals surface area contributed by atoms with Crippen LogP contribution in [0.5, 0.6) is 5.75 Å². The Balaban J connectivity index is 2.78. The molecule has 0 radical (unpaired) electrons. The Morgan fingerprint density at radius 2 is 2.00 bits per heavy atom. The van der Waals surface area contributed by atoms with Crippen LogP contribution >= 0.6 is 15.9 Å². The molecule has 3 nitrogen and oxygen atoms in total. The summed E-state index contributed by atoms with van der Waals surface area (Å²) in [6.45, 7) is 6.37. The highest BCUT2D eigenvalue weighted by atomic mass is 79.9. The molecule has 0 atom stereocenters. The van der Waals surface area contributed by atoms with E-state index in [9.17, 15) is 4.79 Å². The highest BCUT2D eigenvalue weighted by molar-refractivity contribution is 9.10. The summed E-state index contributed by atoms with van der Waals surface area (Å²) in [5.74, 6) is 0.811. The Labute approximate surface area is 117 Å². The van der Waals surface area contributed by atoms with Crippen LogP contribution in [-0.2, 0) is 0 Å². The predicted molar refractivity (Wildman–Crippen MR) is 77.4 cm³/mol. The highest BCUT2D eigenvalue weighted by Gasteiger charge is 2.21. The zero-order valence-corrected chi connectivity index (χ0v) is 13.2. The molecule has 4 heteroatoms. The third-order valence-electron chi connectivity index (χ3n) is 3.13. The molecule has 0 N–H and O–H groups in total. The van der Waals surface area contributed by atoms with Crippen molar-refractivity contribution in [2.45, 2.75) is 26.3 Å². The molecular weight excluding hydrogens is 294 g/mol. The Kier molecular flexibility index (Phi) is 4.93. The van der Waals surface area contributed by atoms with E-state index in [0.29, 0.717) is 12.2 Å². The van der Waals surface area contributed by atoms with Gasteiger partial charge in [-0.15, -0.1) is 0 Å². The minimum Gasteiger partial charge on any atom is -0.491 e. The molecule has 0 aliphatic heterocycles. The summed E-state index contributed by atoms with van der Waals surface area (Å²) in [6.07, 6.45) is 0. The summed E-state index contributed by atoms with van der Waals surface area (Å²) >= 11 is 3.43. The second kappa shape index (κ2) is 5.85. The van der Waals surface area contributed by atoms with Gasteiger partial charge < -0.3 is 9.64 Å². The van der Waals surface area contributed by atoms with Gasteiger partial charge in [-0.05, 0) is 69.0 Å². The first-order valence-corrected chi connectivity index (χ1v) is 6.64. The summed E-state index contributed by atoms with van der Waals surface area (Å²) < 4.78 is 6.61. The van der Waals surface area contributed by atoms with Crippen molar-refractivity contribution >= 4 is 21.7 Å². The topological polar surface area (TPSA) is 29.5 Å². The maximum absolute atomic E-state index is 11.2. The van der Waals surface area contributed by atoms with Crippen LogP contribution in [-0.4, -0.2) is 36.9 Å². The average molecular weight is 314 g/mol. The Morgan fingerprint density at radius 1 is 1.39 bits per heavy atom. The SMILES string of the molecule is CC(=O)c1ccc(OCC(C)(C)N(C)C)c(Br)c1. The van der Waals surface area contributed by atoms with Crippen molar-refractivity contribution in [1.82, 2.24) is 4.90 Å². The second-order valence-electron chi connectivity index (χ2n) is 5.20. The average Bonchev–Trinajstić information content (AvgIpc) is 2.26. The van der Waals surface area contributed by atoms with Crippen LogP contribution in [0.1, 0.15) is 31.1 Å². The van der Waals surface area contributed by atoms with Crippen LogP contribution in [0.15, 0.2) is 22.7 Å². The first kappa shape index (κ1) is 15.2. The molecule has 1 aromatic carbocycles. The van der Waals surface area contributed by atoms with Crippen LogP contribution in [0.25, 0.3) is 0 Å². The van der Waals surface area contributed by atoms with E-state index in [1.807, 2.05) is 20.2 Å². The quantitative estimate of drug-likeness (QED) is 0.781. The van der Waals surface area contributed by atoms with E-state index in [4.69, 9.17) is 4.74 Å². The van der Waals surface area contributed by atoms with Gasteiger partial charge in [0, 0.05) is 11.1 Å². The number of carbonyl (C=O) groups excluding carboxylic acids is 1. The van der Waals surface area contributed by atoms with Crippen LogP contribution in [0, 0.1) is 0 Å². The molecule has 0 aliphatic rings. The third kappa shape index (κ3) is 3.82. The lowest BCUT2D eigenvalue weighted by molar-refractivity contribution is 0.101. The largest absolute Gasteiger partial charge is 0.491 e. The fourth-order valence-electron chi connectivity index (χ4n) is 1.22. The molecule has 0 aliphatic carbocycles. The highest BCUT2D eigenvalue weighted by Crippen LogP contribution is 2.27. The van der Waals surface area contributed by atoms with Gasteiger partial charge in [0.25, 0.3) is 0 Å². The number of likely N-dealkylation sites (N-methyl/N-ethyl adjacent to an activating group) is 1. The van der Waals surface area contributed by atoms with Gasteiger partial charge in [-0.1, -0.05) is 0 Å². The molecule has 0 saturated heterocycles. The van der Waals surface area contributed by atoms with E-state index >= 15 is 0 Å². The molecule has 0 fully saturated rings. The minimum atomic E-state index is -0.0430. The molecule has 0 unspecified atom stereocenters. The lowest BCUT2D eigenvalue weighted by Gasteiger charge is -2.32. The monoisotopic (exact) mass is 313 g/mol. The molecule has 18 heavy (non-hydrogen) atoms. The lowest BCUT2D eigenvalue weighted by atomic mass is 10.1. The van der Waals surface area contributed by atoms with Crippen LogP contribution in [0.3, 0.4) is 0 Å². The van der Waals surface area contributed by atoms with Crippen LogP contribution in [0.2, 0.25) is 0 Å². The third-order valence-corrected chi connectivity index (χ3v) is 3.75. The summed E-state index contributed by atoms with van der Waals surface area (Å²) in [5.41, 5.74) is 0.639. The first-order valence-electron chi connectivity index (χ1n) is 5.85. The normalized spacial score (nSPS) is 11.7. The fourth-order valence-corrected chi connectivity index (χ4v) is 1.71. The molecule has 0 spiro atoms. The number of hydrogen-bond acceptors (Lipinski definition) is 3. The number of hydrogen-bond donors (Lipinski definition) is 0. The van der Waals surface area contributed by atoms with Crippen molar-refractivity contribution in [2.24, 2.45) is 0 Å². The fraction of sp³-hybridized carbons (Fsp3) is 0.500. The molecule has 1 aromatic rings. The molecule has 0 saturated carbocycles. The Bertz CT molecular complexity index is 441. The smallest absolute Gasteiger partial charge is 0.159 e. The summed E-state index contributed by atoms with van der Waals surface area (Å²) in [6, 6.07) is 5.40. The van der Waals surface area contributed by atoms with E-state index in [1.54, 1.807) is 19.1 Å². The second-order valence-corrected chi connectivity index (χ2v) is 6.05. The van der Waals surface area contributed by atoms with Crippen molar-refractivity contribution in [2.75, 3.05) is 20.7 Å². The van der Waals surface area contributed by atoms with Gasteiger partial charge in [0.15, 0.2) is 5.78 Å². The number of ketones is 1. The van der Waals surface area contributed by atoms with E-state index < -0.39 is 0 Å². The number of ether oxygens (including phenoxy) is 1. The molecule has 0 bridgehead atoms. The zero-order valence-electron chi connectivity index (χ0n) is 11.6. The Hall–Kier alpha value is -0.870. The summed E-state index contributed by atoms with van der Waals surface area (Å²) in [4.78, 5) is 13.4. The van der Waals surface area contributed by atoms with E-state index in [-0.39, 0.29) is 11.3 Å². The van der Waals surface area contributed by atoms with Crippen LogP contribution < -0.4 is 4.74 Å². The molecule has 0 heterocycles. The maximum Gasteiger partial charge on any atom is 0.159 e. The number of benzene rings is 1. The van der Waals surface area contributed by atoms with E-state index in [0.717, 1.165) is 10.2 Å². The number of rotatable bonds is 5. The standard InChI is InChI=1S/C14H20BrNO2/c1-10(17)11-6-7-13(12(15)8-11)18-9-14(2,3)16(4)5/h6-8H,9H2,1-5H3. The molecule has 100 valence electrons. The maximum atomic E-state index is 11.2. The van der Waals surface area contributed by atoms with Gasteiger partial charge in [-0.25, -0.2) is 0 Å². The Morgan fingerprint density at radius 3 is 2.44 bits per heavy atom. The number of halogens is 1.